The highest BCUT2D eigenvalue weighted by Crippen LogP contribution is 2.37. The Morgan fingerprint density at radius 1 is 1.12 bits per heavy atom. The van der Waals surface area contributed by atoms with Crippen molar-refractivity contribution in [2.45, 2.75) is 0 Å². The van der Waals surface area contributed by atoms with Gasteiger partial charge in [-0.15, -0.1) is 0 Å². The maximum absolute atomic E-state index is 14.6. The first-order valence-electron chi connectivity index (χ1n) is 7.17. The van der Waals surface area contributed by atoms with Crippen molar-refractivity contribution < 1.29 is 18.7 Å². The summed E-state index contributed by atoms with van der Waals surface area (Å²) in [6.45, 7) is 0. The van der Waals surface area contributed by atoms with Gasteiger partial charge in [-0.3, -0.25) is 0 Å². The molecular weight excluding hydrogens is 350 g/mol. The number of carbonyl (C=O) groups is 1. The molecule has 0 aliphatic carbocycles. The second-order valence-electron chi connectivity index (χ2n) is 5.10. The van der Waals surface area contributed by atoms with E-state index < -0.39 is 23.3 Å². The fraction of sp³-hybridized carbons (Fsp3) is 0. The van der Waals surface area contributed by atoms with Crippen molar-refractivity contribution in [2.75, 3.05) is 5.32 Å². The van der Waals surface area contributed by atoms with Gasteiger partial charge in [0.05, 0.1) is 5.02 Å². The lowest BCUT2D eigenvalue weighted by Crippen LogP contribution is -2.07. The number of aromatic carboxylic acids is 1. The molecule has 0 saturated heterocycles. The Bertz CT molecular complexity index is 949. The molecule has 0 aliphatic heterocycles. The number of halogens is 3. The van der Waals surface area contributed by atoms with Crippen LogP contribution in [0, 0.1) is 11.6 Å². The zero-order valence-electron chi connectivity index (χ0n) is 12.6. The predicted octanol–water partition coefficient (Wildman–Crippen LogP) is 5.12. The number of carboxylic acids is 1. The Balaban J connectivity index is 2.08. The van der Waals surface area contributed by atoms with Gasteiger partial charge in [-0.25, -0.2) is 18.6 Å². The molecule has 0 fully saturated rings. The minimum atomic E-state index is -1.27. The van der Waals surface area contributed by atoms with Crippen LogP contribution in [0.25, 0.3) is 11.1 Å². The van der Waals surface area contributed by atoms with E-state index in [0.29, 0.717) is 5.56 Å². The Morgan fingerprint density at radius 3 is 2.52 bits per heavy atom. The number of anilines is 2. The summed E-state index contributed by atoms with van der Waals surface area (Å²) in [6.07, 6.45) is 1.31. The molecule has 126 valence electrons. The van der Waals surface area contributed by atoms with Gasteiger partial charge in [0.2, 0.25) is 0 Å². The van der Waals surface area contributed by atoms with E-state index in [9.17, 15) is 13.6 Å². The summed E-state index contributed by atoms with van der Waals surface area (Å²) in [4.78, 5) is 15.0. The quantitative estimate of drug-likeness (QED) is 0.634. The molecule has 4 nitrogen and oxygen atoms in total. The number of nitrogens with one attached hydrogen (secondary N) is 1. The van der Waals surface area contributed by atoms with Crippen LogP contribution in [0.1, 0.15) is 10.4 Å². The fourth-order valence-electron chi connectivity index (χ4n) is 2.33. The minimum absolute atomic E-state index is 0.184. The molecule has 7 heteroatoms. The monoisotopic (exact) mass is 360 g/mol. The number of carboxylic acid groups (broad SMARTS) is 1. The van der Waals surface area contributed by atoms with Crippen LogP contribution in [-0.2, 0) is 0 Å². The lowest BCUT2D eigenvalue weighted by molar-refractivity contribution is 0.0697. The van der Waals surface area contributed by atoms with E-state index in [-0.39, 0.29) is 22.0 Å². The van der Waals surface area contributed by atoms with E-state index in [0.717, 1.165) is 6.07 Å². The fourth-order valence-corrected chi connectivity index (χ4v) is 2.59. The van der Waals surface area contributed by atoms with Crippen molar-refractivity contribution >= 4 is 29.1 Å². The summed E-state index contributed by atoms with van der Waals surface area (Å²) in [7, 11) is 0. The highest BCUT2D eigenvalue weighted by molar-refractivity contribution is 6.33. The first kappa shape index (κ1) is 16.9. The normalized spacial score (nSPS) is 10.5. The summed E-state index contributed by atoms with van der Waals surface area (Å²) >= 11 is 6.06. The number of benzene rings is 2. The van der Waals surface area contributed by atoms with Crippen LogP contribution in [0.5, 0.6) is 0 Å². The first-order valence-corrected chi connectivity index (χ1v) is 7.55. The van der Waals surface area contributed by atoms with Gasteiger partial charge in [-0.05, 0) is 23.8 Å². The van der Waals surface area contributed by atoms with Crippen molar-refractivity contribution in [1.29, 1.82) is 0 Å². The summed E-state index contributed by atoms with van der Waals surface area (Å²) in [6, 6.07) is 12.3. The van der Waals surface area contributed by atoms with E-state index in [1.165, 1.54) is 18.3 Å². The summed E-state index contributed by atoms with van der Waals surface area (Å²) in [5.74, 6) is -3.40. The third kappa shape index (κ3) is 3.29. The maximum atomic E-state index is 14.6. The largest absolute Gasteiger partial charge is 0.478 e. The number of rotatable bonds is 4. The highest BCUT2D eigenvalue weighted by atomic mass is 35.5. The van der Waals surface area contributed by atoms with E-state index >= 15 is 0 Å². The molecule has 25 heavy (non-hydrogen) atoms. The molecular formula is C18H11ClF2N2O2. The summed E-state index contributed by atoms with van der Waals surface area (Å²) in [5.41, 5.74) is -0.0290. The molecule has 3 aromatic rings. The van der Waals surface area contributed by atoms with Crippen molar-refractivity contribution in [2.24, 2.45) is 0 Å². The molecule has 0 bridgehead atoms. The van der Waals surface area contributed by atoms with Gasteiger partial charge < -0.3 is 10.4 Å². The molecule has 2 N–H and O–H groups in total. The summed E-state index contributed by atoms with van der Waals surface area (Å²) in [5, 5.41) is 11.2. The molecule has 1 aromatic heterocycles. The Hall–Kier alpha value is -2.99. The van der Waals surface area contributed by atoms with Crippen molar-refractivity contribution in [3.05, 3.63) is 76.9 Å². The van der Waals surface area contributed by atoms with Gasteiger partial charge in [0.1, 0.15) is 22.9 Å². The summed E-state index contributed by atoms with van der Waals surface area (Å²) < 4.78 is 29.1. The van der Waals surface area contributed by atoms with Crippen LogP contribution >= 0.6 is 11.6 Å². The van der Waals surface area contributed by atoms with Crippen LogP contribution in [0.4, 0.5) is 20.3 Å². The highest BCUT2D eigenvalue weighted by Gasteiger charge is 2.20. The zero-order valence-corrected chi connectivity index (χ0v) is 13.4. The van der Waals surface area contributed by atoms with Crippen molar-refractivity contribution in [3.63, 3.8) is 0 Å². The predicted molar refractivity (Wildman–Crippen MR) is 91.3 cm³/mol. The van der Waals surface area contributed by atoms with E-state index in [1.54, 1.807) is 30.3 Å². The maximum Gasteiger partial charge on any atom is 0.339 e. The number of hydrogen-bond acceptors (Lipinski definition) is 3. The Kier molecular flexibility index (Phi) is 4.63. The molecule has 3 rings (SSSR count). The van der Waals surface area contributed by atoms with Crippen molar-refractivity contribution in [3.8, 4) is 11.1 Å². The molecule has 0 amide bonds. The van der Waals surface area contributed by atoms with Gasteiger partial charge in [0.25, 0.3) is 0 Å². The number of nitrogens with zero attached hydrogens (tertiary/aromatic N) is 1. The van der Waals surface area contributed by atoms with Gasteiger partial charge >= 0.3 is 5.97 Å². The Labute approximate surface area is 146 Å². The van der Waals surface area contributed by atoms with Crippen LogP contribution in [0.2, 0.25) is 5.02 Å². The zero-order chi connectivity index (χ0) is 18.0. The second kappa shape index (κ2) is 6.86. The van der Waals surface area contributed by atoms with Crippen LogP contribution in [-0.4, -0.2) is 16.1 Å². The molecule has 2 aromatic carbocycles. The average Bonchev–Trinajstić information content (AvgIpc) is 2.62. The van der Waals surface area contributed by atoms with Gasteiger partial charge in [0.15, 0.2) is 5.82 Å². The van der Waals surface area contributed by atoms with E-state index in [1.807, 2.05) is 0 Å². The van der Waals surface area contributed by atoms with Gasteiger partial charge in [-0.1, -0.05) is 41.9 Å². The number of aromatic nitrogens is 1. The molecule has 1 heterocycles. The van der Waals surface area contributed by atoms with Crippen molar-refractivity contribution in [1.82, 2.24) is 4.98 Å². The molecule has 0 atom stereocenters. The third-order valence-corrected chi connectivity index (χ3v) is 3.89. The molecule has 0 radical (unpaired) electrons. The number of pyridine rings is 1. The average molecular weight is 361 g/mol. The molecule has 0 saturated carbocycles. The lowest BCUT2D eigenvalue weighted by Gasteiger charge is -2.13. The topological polar surface area (TPSA) is 62.2 Å². The van der Waals surface area contributed by atoms with Gasteiger partial charge in [0, 0.05) is 11.8 Å². The molecule has 0 unspecified atom stereocenters. The SMILES string of the molecule is O=C(O)c1cccnc1Nc1c(F)cc(-c2ccccc2)c(Cl)c1F. The number of hydrogen-bond donors (Lipinski definition) is 2. The molecule has 0 aliphatic rings. The standard InChI is InChI=1S/C18H11ClF2N2O2/c19-14-12(10-5-2-1-3-6-10)9-13(20)16(15(14)21)23-17-11(18(24)25)7-4-8-22-17/h1-9H,(H,22,23)(H,24,25). The van der Waals surface area contributed by atoms with Gasteiger partial charge in [-0.2, -0.15) is 0 Å². The van der Waals surface area contributed by atoms with Crippen LogP contribution < -0.4 is 5.32 Å². The van der Waals surface area contributed by atoms with E-state index in [2.05, 4.69) is 10.3 Å². The second-order valence-corrected chi connectivity index (χ2v) is 5.48. The smallest absolute Gasteiger partial charge is 0.339 e. The third-order valence-electron chi connectivity index (χ3n) is 3.52. The van der Waals surface area contributed by atoms with E-state index in [4.69, 9.17) is 16.7 Å². The van der Waals surface area contributed by atoms with Crippen LogP contribution in [0.15, 0.2) is 54.7 Å². The minimum Gasteiger partial charge on any atom is -0.478 e. The van der Waals surface area contributed by atoms with Crippen LogP contribution in [0.3, 0.4) is 0 Å². The first-order chi connectivity index (χ1) is 12.0. The molecule has 0 spiro atoms. The lowest BCUT2D eigenvalue weighted by atomic mass is 10.0. The Morgan fingerprint density at radius 2 is 1.84 bits per heavy atom.